The third kappa shape index (κ3) is 4.25. The molecule has 3 aromatic carbocycles. The fourth-order valence-corrected chi connectivity index (χ4v) is 4.43. The number of benzene rings is 3. The van der Waals surface area contributed by atoms with Crippen molar-refractivity contribution in [3.63, 3.8) is 0 Å². The van der Waals surface area contributed by atoms with E-state index in [1.807, 2.05) is 37.3 Å². The molecule has 3 aromatic rings. The number of rotatable bonds is 7. The normalized spacial score (nSPS) is 13.8. The molecule has 0 saturated heterocycles. The third-order valence-corrected chi connectivity index (χ3v) is 5.96. The lowest BCUT2D eigenvalue weighted by Gasteiger charge is -2.15. The predicted molar refractivity (Wildman–Crippen MR) is 121 cm³/mol. The maximum atomic E-state index is 14.4. The van der Waals surface area contributed by atoms with E-state index in [2.05, 4.69) is 0 Å². The van der Waals surface area contributed by atoms with Crippen molar-refractivity contribution in [2.75, 3.05) is 11.5 Å². The molecule has 4 nitrogen and oxygen atoms in total. The molecule has 0 bridgehead atoms. The molecule has 1 aliphatic heterocycles. The Morgan fingerprint density at radius 1 is 0.871 bits per heavy atom. The van der Waals surface area contributed by atoms with Crippen molar-refractivity contribution >= 4 is 34.8 Å². The average Bonchev–Trinajstić information content (AvgIpc) is 3.03. The van der Waals surface area contributed by atoms with E-state index in [1.165, 1.54) is 30.0 Å². The number of halogens is 1. The Kier molecular flexibility index (Phi) is 6.18. The van der Waals surface area contributed by atoms with Crippen molar-refractivity contribution in [3.05, 3.63) is 101 Å². The van der Waals surface area contributed by atoms with Crippen molar-refractivity contribution in [2.24, 2.45) is 0 Å². The van der Waals surface area contributed by atoms with Gasteiger partial charge in [0.1, 0.15) is 11.6 Å². The molecule has 31 heavy (non-hydrogen) atoms. The molecule has 0 N–H and O–H groups in total. The van der Waals surface area contributed by atoms with Gasteiger partial charge >= 0.3 is 0 Å². The Balaban J connectivity index is 1.74. The van der Waals surface area contributed by atoms with Gasteiger partial charge in [-0.05, 0) is 42.3 Å². The van der Waals surface area contributed by atoms with Crippen LogP contribution >= 0.6 is 11.8 Å². The number of hydrogen-bond acceptors (Lipinski definition) is 4. The number of para-hydroxylation sites is 1. The molecule has 6 heteroatoms. The second kappa shape index (κ2) is 9.18. The molecule has 0 saturated carbocycles. The number of thioether (sulfide) groups is 1. The van der Waals surface area contributed by atoms with Crippen molar-refractivity contribution in [2.45, 2.75) is 12.7 Å². The summed E-state index contributed by atoms with van der Waals surface area (Å²) in [5.41, 5.74) is 1.85. The molecule has 0 fully saturated rings. The Bertz CT molecular complexity index is 1140. The maximum absolute atomic E-state index is 14.4. The molecule has 1 heterocycles. The number of imide groups is 1. The summed E-state index contributed by atoms with van der Waals surface area (Å²) >= 11 is 1.28. The monoisotopic (exact) mass is 433 g/mol. The van der Waals surface area contributed by atoms with Crippen LogP contribution in [0.1, 0.15) is 18.1 Å². The van der Waals surface area contributed by atoms with Gasteiger partial charge in [0.2, 0.25) is 0 Å². The minimum absolute atomic E-state index is 0.0451. The van der Waals surface area contributed by atoms with Crippen LogP contribution in [-0.4, -0.2) is 18.4 Å². The van der Waals surface area contributed by atoms with Crippen molar-refractivity contribution < 1.29 is 18.7 Å². The van der Waals surface area contributed by atoms with Crippen LogP contribution < -0.4 is 9.64 Å². The number of carbonyl (C=O) groups is 2. The van der Waals surface area contributed by atoms with E-state index in [4.69, 9.17) is 4.74 Å². The van der Waals surface area contributed by atoms with Crippen LogP contribution in [0.15, 0.2) is 83.8 Å². The Morgan fingerprint density at radius 2 is 1.55 bits per heavy atom. The van der Waals surface area contributed by atoms with Gasteiger partial charge in [-0.1, -0.05) is 54.6 Å². The van der Waals surface area contributed by atoms with E-state index >= 15 is 0 Å². The molecule has 0 aromatic heterocycles. The van der Waals surface area contributed by atoms with E-state index in [-0.39, 0.29) is 11.3 Å². The number of carbonyl (C=O) groups excluding carboxylic acids is 2. The molecule has 0 aliphatic carbocycles. The zero-order valence-corrected chi connectivity index (χ0v) is 17.7. The number of nitrogens with zero attached hydrogens (tertiary/aromatic N) is 1. The topological polar surface area (TPSA) is 46.6 Å². The zero-order chi connectivity index (χ0) is 21.8. The summed E-state index contributed by atoms with van der Waals surface area (Å²) < 4.78 is 19.9. The van der Waals surface area contributed by atoms with Gasteiger partial charge in [0.25, 0.3) is 11.8 Å². The van der Waals surface area contributed by atoms with Crippen molar-refractivity contribution in [1.29, 1.82) is 0 Å². The van der Waals surface area contributed by atoms with E-state index in [0.29, 0.717) is 28.6 Å². The highest BCUT2D eigenvalue weighted by molar-refractivity contribution is 8.03. The molecule has 2 amide bonds. The van der Waals surface area contributed by atoms with E-state index < -0.39 is 17.6 Å². The molecular formula is C25H20FNO3S. The Morgan fingerprint density at radius 3 is 2.23 bits per heavy atom. The molecule has 0 radical (unpaired) electrons. The van der Waals surface area contributed by atoms with E-state index in [1.54, 1.807) is 30.3 Å². The highest BCUT2D eigenvalue weighted by atomic mass is 32.2. The van der Waals surface area contributed by atoms with Gasteiger partial charge in [-0.2, -0.15) is 0 Å². The van der Waals surface area contributed by atoms with Crippen LogP contribution in [0.25, 0.3) is 5.57 Å². The maximum Gasteiger partial charge on any atom is 0.272 e. The minimum Gasteiger partial charge on any atom is -0.494 e. The summed E-state index contributed by atoms with van der Waals surface area (Å²) in [5.74, 6) is -0.478. The van der Waals surface area contributed by atoms with Crippen LogP contribution in [0.5, 0.6) is 5.75 Å². The van der Waals surface area contributed by atoms with Crippen LogP contribution in [0.4, 0.5) is 10.1 Å². The first-order chi connectivity index (χ1) is 15.1. The molecule has 0 atom stereocenters. The largest absolute Gasteiger partial charge is 0.494 e. The number of anilines is 1. The fourth-order valence-electron chi connectivity index (χ4n) is 3.36. The van der Waals surface area contributed by atoms with Crippen LogP contribution in [-0.2, 0) is 15.3 Å². The lowest BCUT2D eigenvalue weighted by atomic mass is 10.1. The first-order valence-corrected chi connectivity index (χ1v) is 10.9. The quantitative estimate of drug-likeness (QED) is 0.466. The third-order valence-electron chi connectivity index (χ3n) is 4.81. The van der Waals surface area contributed by atoms with Gasteiger partial charge in [0.05, 0.1) is 22.8 Å². The molecule has 0 unspecified atom stereocenters. The van der Waals surface area contributed by atoms with E-state index in [9.17, 15) is 14.0 Å². The summed E-state index contributed by atoms with van der Waals surface area (Å²) in [7, 11) is 0. The first-order valence-electron chi connectivity index (χ1n) is 9.87. The lowest BCUT2D eigenvalue weighted by Crippen LogP contribution is -2.32. The SMILES string of the molecule is CCOc1ccc(C2=C(SCc3ccccc3)C(=O)N(c3ccccc3F)C2=O)cc1. The summed E-state index contributed by atoms with van der Waals surface area (Å²) in [4.78, 5) is 27.8. The smallest absolute Gasteiger partial charge is 0.272 e. The summed E-state index contributed by atoms with van der Waals surface area (Å²) in [6, 6.07) is 22.5. The van der Waals surface area contributed by atoms with Crippen LogP contribution in [0.3, 0.4) is 0 Å². The molecular weight excluding hydrogens is 413 g/mol. The van der Waals surface area contributed by atoms with Crippen molar-refractivity contribution in [1.82, 2.24) is 0 Å². The Hall–Kier alpha value is -3.38. The predicted octanol–water partition coefficient (Wildman–Crippen LogP) is 5.44. The minimum atomic E-state index is -0.621. The van der Waals surface area contributed by atoms with Gasteiger partial charge in [-0.25, -0.2) is 9.29 Å². The zero-order valence-electron chi connectivity index (χ0n) is 16.9. The summed E-state index contributed by atoms with van der Waals surface area (Å²) in [5, 5.41) is 0. The highest BCUT2D eigenvalue weighted by Crippen LogP contribution is 2.40. The van der Waals surface area contributed by atoms with Crippen LogP contribution in [0, 0.1) is 5.82 Å². The standard InChI is InChI=1S/C25H20FNO3S/c1-2-30-19-14-12-18(13-15-19)22-23(31-16-17-8-4-3-5-9-17)25(29)27(24(22)28)21-11-7-6-10-20(21)26/h3-15H,2,16H2,1H3. The number of hydrogen-bond donors (Lipinski definition) is 0. The summed E-state index contributed by atoms with van der Waals surface area (Å²) in [6.45, 7) is 2.42. The molecule has 156 valence electrons. The van der Waals surface area contributed by atoms with E-state index in [0.717, 1.165) is 10.5 Å². The van der Waals surface area contributed by atoms with Gasteiger partial charge in [-0.15, -0.1) is 11.8 Å². The second-order valence-corrected chi connectivity index (χ2v) is 7.82. The van der Waals surface area contributed by atoms with Gasteiger partial charge in [-0.3, -0.25) is 9.59 Å². The Labute approximate surface area is 184 Å². The number of ether oxygens (including phenoxy) is 1. The lowest BCUT2D eigenvalue weighted by molar-refractivity contribution is -0.119. The molecule has 4 rings (SSSR count). The molecule has 0 spiro atoms. The molecule has 1 aliphatic rings. The van der Waals surface area contributed by atoms with Gasteiger partial charge in [0, 0.05) is 5.75 Å². The summed E-state index contributed by atoms with van der Waals surface area (Å²) in [6.07, 6.45) is 0. The van der Waals surface area contributed by atoms with Crippen LogP contribution in [0.2, 0.25) is 0 Å². The average molecular weight is 434 g/mol. The highest BCUT2D eigenvalue weighted by Gasteiger charge is 2.41. The fraction of sp³-hybridized carbons (Fsp3) is 0.120. The first kappa shape index (κ1) is 20.9. The van der Waals surface area contributed by atoms with Gasteiger partial charge in [0.15, 0.2) is 0 Å². The second-order valence-electron chi connectivity index (χ2n) is 6.83. The number of amides is 2. The van der Waals surface area contributed by atoms with Crippen molar-refractivity contribution in [3.8, 4) is 5.75 Å². The van der Waals surface area contributed by atoms with Gasteiger partial charge < -0.3 is 4.74 Å².